The van der Waals surface area contributed by atoms with Crippen molar-refractivity contribution >= 4 is 51.6 Å². The molecule has 0 bridgehead atoms. The standard InChI is InChI=1S/C20H34ClN5O2S.HI/c1-5-14-29(27,28)26-12-10-18(11-13-26)24-20(22-2)23-15-19(25(3)4)16-6-8-17(21)9-7-16;/h6-9,18-19H,5,10-15H2,1-4H3,(H2,22,23,24);1H. The lowest BCUT2D eigenvalue weighted by Gasteiger charge is -2.33. The smallest absolute Gasteiger partial charge is 0.214 e. The van der Waals surface area contributed by atoms with Crippen molar-refractivity contribution in [3.8, 4) is 0 Å². The van der Waals surface area contributed by atoms with Gasteiger partial charge in [0.05, 0.1) is 11.8 Å². The SMILES string of the molecule is CCCS(=O)(=O)N1CCC(NC(=NC)NCC(c2ccc(Cl)cc2)N(C)C)CC1.I. The summed E-state index contributed by atoms with van der Waals surface area (Å²) in [5.41, 5.74) is 1.18. The van der Waals surface area contributed by atoms with Gasteiger partial charge in [-0.05, 0) is 51.1 Å². The Labute approximate surface area is 203 Å². The Bertz CT molecular complexity index is 766. The van der Waals surface area contributed by atoms with E-state index in [2.05, 4.69) is 20.5 Å². The average Bonchev–Trinajstić information content (AvgIpc) is 2.68. The largest absolute Gasteiger partial charge is 0.354 e. The molecule has 0 saturated carbocycles. The zero-order valence-corrected chi connectivity index (χ0v) is 22.2. The van der Waals surface area contributed by atoms with E-state index in [1.807, 2.05) is 45.3 Å². The lowest BCUT2D eigenvalue weighted by molar-refractivity contribution is 0.293. The molecule has 1 aliphatic heterocycles. The van der Waals surface area contributed by atoms with Crippen molar-refractivity contribution in [2.24, 2.45) is 4.99 Å². The Morgan fingerprint density at radius 2 is 1.87 bits per heavy atom. The predicted octanol–water partition coefficient (Wildman–Crippen LogP) is 2.93. The normalized spacial score (nSPS) is 17.5. The van der Waals surface area contributed by atoms with Crippen LogP contribution < -0.4 is 10.6 Å². The van der Waals surface area contributed by atoms with E-state index in [4.69, 9.17) is 11.6 Å². The van der Waals surface area contributed by atoms with Crippen molar-refractivity contribution in [2.75, 3.05) is 46.5 Å². The van der Waals surface area contributed by atoms with Crippen LogP contribution in [0.1, 0.15) is 37.8 Å². The number of rotatable bonds is 8. The molecule has 0 aromatic heterocycles. The highest BCUT2D eigenvalue weighted by atomic mass is 127. The number of nitrogens with zero attached hydrogens (tertiary/aromatic N) is 3. The van der Waals surface area contributed by atoms with E-state index >= 15 is 0 Å². The summed E-state index contributed by atoms with van der Waals surface area (Å²) in [7, 11) is 2.73. The molecular weight excluding hydrogens is 537 g/mol. The Balaban J connectivity index is 0.00000450. The fraction of sp³-hybridized carbons (Fsp3) is 0.650. The van der Waals surface area contributed by atoms with Gasteiger partial charge in [0.1, 0.15) is 0 Å². The highest BCUT2D eigenvalue weighted by Gasteiger charge is 2.27. The summed E-state index contributed by atoms with van der Waals surface area (Å²) in [5.74, 6) is 0.964. The number of hydrogen-bond donors (Lipinski definition) is 2. The molecule has 172 valence electrons. The second-order valence-electron chi connectivity index (χ2n) is 7.62. The molecule has 1 aromatic carbocycles. The molecule has 2 rings (SSSR count). The zero-order chi connectivity index (χ0) is 21.4. The fourth-order valence-corrected chi connectivity index (χ4v) is 5.20. The molecule has 0 amide bonds. The second kappa shape index (κ2) is 13.0. The van der Waals surface area contributed by atoms with Gasteiger partial charge < -0.3 is 15.5 Å². The van der Waals surface area contributed by atoms with Crippen LogP contribution in [0.2, 0.25) is 5.02 Å². The molecule has 1 aliphatic rings. The average molecular weight is 572 g/mol. The molecular formula is C20H35ClIN5O2S. The zero-order valence-electron chi connectivity index (χ0n) is 18.3. The molecule has 0 spiro atoms. The van der Waals surface area contributed by atoms with Crippen LogP contribution in [0.4, 0.5) is 0 Å². The van der Waals surface area contributed by atoms with E-state index in [0.717, 1.165) is 23.8 Å². The topological polar surface area (TPSA) is 77.0 Å². The van der Waals surface area contributed by atoms with Crippen molar-refractivity contribution in [1.82, 2.24) is 19.8 Å². The van der Waals surface area contributed by atoms with Crippen LogP contribution in [0.15, 0.2) is 29.3 Å². The molecule has 1 unspecified atom stereocenters. The van der Waals surface area contributed by atoms with Crippen molar-refractivity contribution in [1.29, 1.82) is 0 Å². The fourth-order valence-electron chi connectivity index (χ4n) is 3.53. The number of nitrogens with one attached hydrogen (secondary N) is 2. The van der Waals surface area contributed by atoms with Gasteiger partial charge in [-0.15, -0.1) is 24.0 Å². The van der Waals surface area contributed by atoms with Crippen molar-refractivity contribution in [3.05, 3.63) is 34.9 Å². The first-order valence-corrected chi connectivity index (χ1v) is 12.1. The summed E-state index contributed by atoms with van der Waals surface area (Å²) >= 11 is 6.01. The number of likely N-dealkylation sites (N-methyl/N-ethyl adjacent to an activating group) is 1. The Morgan fingerprint density at radius 1 is 1.27 bits per heavy atom. The van der Waals surface area contributed by atoms with E-state index in [9.17, 15) is 8.42 Å². The maximum Gasteiger partial charge on any atom is 0.214 e. The van der Waals surface area contributed by atoms with Crippen LogP contribution in [-0.2, 0) is 10.0 Å². The number of sulfonamides is 1. The lowest BCUT2D eigenvalue weighted by atomic mass is 10.1. The van der Waals surface area contributed by atoms with Gasteiger partial charge in [-0.3, -0.25) is 4.99 Å². The van der Waals surface area contributed by atoms with Crippen LogP contribution in [0.5, 0.6) is 0 Å². The van der Waals surface area contributed by atoms with Crippen LogP contribution in [0.3, 0.4) is 0 Å². The van der Waals surface area contributed by atoms with Crippen LogP contribution >= 0.6 is 35.6 Å². The van der Waals surface area contributed by atoms with E-state index < -0.39 is 10.0 Å². The first-order chi connectivity index (χ1) is 13.8. The van der Waals surface area contributed by atoms with Gasteiger partial charge in [-0.2, -0.15) is 0 Å². The number of benzene rings is 1. The summed E-state index contributed by atoms with van der Waals surface area (Å²) in [6.45, 7) is 3.70. The molecule has 30 heavy (non-hydrogen) atoms. The molecule has 1 saturated heterocycles. The minimum atomic E-state index is -3.11. The van der Waals surface area contributed by atoms with Crippen molar-refractivity contribution < 1.29 is 8.42 Å². The first-order valence-electron chi connectivity index (χ1n) is 10.1. The second-order valence-corrected chi connectivity index (χ2v) is 10.1. The first kappa shape index (κ1) is 27.4. The number of aliphatic imine (C=N–C) groups is 1. The van der Waals surface area contributed by atoms with E-state index in [1.54, 1.807) is 11.4 Å². The summed E-state index contributed by atoms with van der Waals surface area (Å²) in [4.78, 5) is 6.49. The monoisotopic (exact) mass is 571 g/mol. The molecule has 1 fully saturated rings. The molecule has 1 atom stereocenters. The molecule has 10 heteroatoms. The number of halogens is 2. The van der Waals surface area contributed by atoms with E-state index in [0.29, 0.717) is 26.1 Å². The quantitative estimate of drug-likeness (QED) is 0.285. The molecule has 2 N–H and O–H groups in total. The highest BCUT2D eigenvalue weighted by molar-refractivity contribution is 14.0. The van der Waals surface area contributed by atoms with Gasteiger partial charge >= 0.3 is 0 Å². The van der Waals surface area contributed by atoms with Gasteiger partial charge in [0.25, 0.3) is 0 Å². The number of piperidine rings is 1. The number of hydrogen-bond acceptors (Lipinski definition) is 4. The maximum absolute atomic E-state index is 12.2. The summed E-state index contributed by atoms with van der Waals surface area (Å²) in [6, 6.07) is 8.27. The van der Waals surface area contributed by atoms with Crippen LogP contribution in [0, 0.1) is 0 Å². The predicted molar refractivity (Wildman–Crippen MR) is 136 cm³/mol. The third-order valence-corrected chi connectivity index (χ3v) is 7.54. The Hall–Kier alpha value is -0.620. The molecule has 0 radical (unpaired) electrons. The third kappa shape index (κ3) is 8.14. The third-order valence-electron chi connectivity index (χ3n) is 5.21. The minimum Gasteiger partial charge on any atom is -0.354 e. The van der Waals surface area contributed by atoms with Gasteiger partial charge in [0.15, 0.2) is 5.96 Å². The Kier molecular flexibility index (Phi) is 11.9. The van der Waals surface area contributed by atoms with E-state index in [-0.39, 0.29) is 41.8 Å². The highest BCUT2D eigenvalue weighted by Crippen LogP contribution is 2.20. The van der Waals surface area contributed by atoms with Crippen LogP contribution in [0.25, 0.3) is 0 Å². The molecule has 7 nitrogen and oxygen atoms in total. The lowest BCUT2D eigenvalue weighted by Crippen LogP contribution is -2.50. The van der Waals surface area contributed by atoms with Crippen molar-refractivity contribution in [3.63, 3.8) is 0 Å². The Morgan fingerprint density at radius 3 is 2.37 bits per heavy atom. The van der Waals surface area contributed by atoms with Gasteiger partial charge in [0.2, 0.25) is 10.0 Å². The molecule has 1 aromatic rings. The van der Waals surface area contributed by atoms with E-state index in [1.165, 1.54) is 5.56 Å². The molecule has 1 heterocycles. The maximum atomic E-state index is 12.2. The minimum absolute atomic E-state index is 0. The summed E-state index contributed by atoms with van der Waals surface area (Å²) < 4.78 is 26.1. The van der Waals surface area contributed by atoms with Gasteiger partial charge in [0, 0.05) is 37.7 Å². The van der Waals surface area contributed by atoms with Crippen LogP contribution in [-0.4, -0.2) is 76.2 Å². The summed E-state index contributed by atoms with van der Waals surface area (Å²) in [6.07, 6.45) is 2.20. The number of guanidine groups is 1. The van der Waals surface area contributed by atoms with Gasteiger partial charge in [-0.25, -0.2) is 12.7 Å². The molecule has 0 aliphatic carbocycles. The van der Waals surface area contributed by atoms with Crippen molar-refractivity contribution in [2.45, 2.75) is 38.3 Å². The van der Waals surface area contributed by atoms with Gasteiger partial charge in [-0.1, -0.05) is 30.7 Å². The summed E-state index contributed by atoms with van der Waals surface area (Å²) in [5, 5.41) is 7.57.